The second kappa shape index (κ2) is 19.2. The Balaban J connectivity index is 2.22. The maximum Gasteiger partial charge on any atom is 0.155 e. The zero-order valence-electron chi connectivity index (χ0n) is 18.3. The van der Waals surface area contributed by atoms with Crippen LogP contribution in [0.15, 0.2) is 24.3 Å². The van der Waals surface area contributed by atoms with E-state index in [0.29, 0.717) is 24.4 Å². The first-order valence-electron chi connectivity index (χ1n) is 12.2. The van der Waals surface area contributed by atoms with Crippen molar-refractivity contribution in [3.8, 4) is 0 Å². The summed E-state index contributed by atoms with van der Waals surface area (Å²) >= 11 is 0. The summed E-state index contributed by atoms with van der Waals surface area (Å²) in [4.78, 5) is 23.7. The van der Waals surface area contributed by atoms with E-state index in [0.717, 1.165) is 25.7 Å². The van der Waals surface area contributed by atoms with Gasteiger partial charge in [0.2, 0.25) is 0 Å². The Morgan fingerprint density at radius 2 is 0.679 bits per heavy atom. The van der Waals surface area contributed by atoms with Gasteiger partial charge in [-0.15, -0.1) is 0 Å². The van der Waals surface area contributed by atoms with Gasteiger partial charge in [0.05, 0.1) is 0 Å². The monoisotopic (exact) mass is 388 g/mol. The summed E-state index contributed by atoms with van der Waals surface area (Å²) in [5, 5.41) is 0. The molecule has 0 atom stereocenters. The van der Waals surface area contributed by atoms with E-state index in [1.165, 1.54) is 89.9 Å². The molecule has 0 aromatic heterocycles. The molecule has 0 saturated heterocycles. The quantitative estimate of drug-likeness (QED) is 0.420. The van der Waals surface area contributed by atoms with Crippen molar-refractivity contribution in [3.05, 3.63) is 24.3 Å². The molecule has 1 aliphatic rings. The molecule has 0 saturated carbocycles. The first-order chi connectivity index (χ1) is 13.8. The van der Waals surface area contributed by atoms with Crippen molar-refractivity contribution in [1.29, 1.82) is 0 Å². The third kappa shape index (κ3) is 17.0. The minimum Gasteiger partial charge on any atom is -0.295 e. The molecule has 0 fully saturated rings. The Morgan fingerprint density at radius 1 is 0.393 bits per heavy atom. The van der Waals surface area contributed by atoms with E-state index in [9.17, 15) is 9.59 Å². The maximum atomic E-state index is 11.9. The zero-order valence-corrected chi connectivity index (χ0v) is 18.3. The molecule has 2 heteroatoms. The van der Waals surface area contributed by atoms with Gasteiger partial charge in [-0.2, -0.15) is 0 Å². The van der Waals surface area contributed by atoms with E-state index in [1.54, 1.807) is 0 Å². The molecule has 28 heavy (non-hydrogen) atoms. The zero-order chi connectivity index (χ0) is 20.1. The fourth-order valence-electron chi connectivity index (χ4n) is 3.84. The molecule has 160 valence electrons. The van der Waals surface area contributed by atoms with Crippen LogP contribution >= 0.6 is 0 Å². The summed E-state index contributed by atoms with van der Waals surface area (Å²) in [7, 11) is 0. The SMILES string of the molecule is O=C1/C=C/CCCCCCCCCC/C=C/C(=O)CCCCCCCCCC1. The van der Waals surface area contributed by atoms with Crippen molar-refractivity contribution < 1.29 is 9.59 Å². The Hall–Kier alpha value is -1.18. The molecule has 0 unspecified atom stereocenters. The van der Waals surface area contributed by atoms with Gasteiger partial charge in [-0.25, -0.2) is 0 Å². The van der Waals surface area contributed by atoms with E-state index in [4.69, 9.17) is 0 Å². The van der Waals surface area contributed by atoms with Crippen LogP contribution in [-0.4, -0.2) is 11.6 Å². The summed E-state index contributed by atoms with van der Waals surface area (Å²) in [6.45, 7) is 0. The van der Waals surface area contributed by atoms with Crippen molar-refractivity contribution in [1.82, 2.24) is 0 Å². The molecule has 0 spiro atoms. The van der Waals surface area contributed by atoms with Gasteiger partial charge in [-0.3, -0.25) is 9.59 Å². The van der Waals surface area contributed by atoms with Crippen LogP contribution < -0.4 is 0 Å². The predicted molar refractivity (Wildman–Crippen MR) is 121 cm³/mol. The lowest BCUT2D eigenvalue weighted by atomic mass is 10.0. The Kier molecular flexibility index (Phi) is 17.0. The molecule has 0 aromatic carbocycles. The second-order valence-corrected chi connectivity index (χ2v) is 8.47. The van der Waals surface area contributed by atoms with Crippen molar-refractivity contribution in [2.75, 3.05) is 0 Å². The molecule has 2 nitrogen and oxygen atoms in total. The largest absolute Gasteiger partial charge is 0.295 e. The standard InChI is InChI=1S/C26H44O2/c27-25-21-17-13-9-5-3-1-2-4-6-10-14-18-22-26(28)24-20-16-12-8-7-11-15-19-23-25/h17-18,21-22H,1-16,19-20,23-24H2/b21-17+,22-18+. The predicted octanol–water partition coefficient (Wildman–Crippen LogP) is 8.05. The average Bonchev–Trinajstić information content (AvgIpc) is 2.69. The fraction of sp³-hybridized carbons (Fsp3) is 0.769. The smallest absolute Gasteiger partial charge is 0.155 e. The molecule has 0 bridgehead atoms. The molecule has 1 aliphatic carbocycles. The number of hydrogen-bond acceptors (Lipinski definition) is 2. The van der Waals surface area contributed by atoms with Gasteiger partial charge in [0.1, 0.15) is 0 Å². The Labute approximate surface area is 174 Å². The van der Waals surface area contributed by atoms with Crippen LogP contribution in [0.5, 0.6) is 0 Å². The summed E-state index contributed by atoms with van der Waals surface area (Å²) in [5.41, 5.74) is 0. The van der Waals surface area contributed by atoms with Gasteiger partial charge >= 0.3 is 0 Å². The van der Waals surface area contributed by atoms with Gasteiger partial charge in [-0.1, -0.05) is 89.2 Å². The van der Waals surface area contributed by atoms with Crippen LogP contribution in [0.4, 0.5) is 0 Å². The highest BCUT2D eigenvalue weighted by Crippen LogP contribution is 2.13. The normalized spacial score (nSPS) is 24.4. The number of rotatable bonds is 0. The molecule has 0 amide bonds. The number of carbonyl (C=O) groups is 2. The van der Waals surface area contributed by atoms with E-state index < -0.39 is 0 Å². The first kappa shape index (κ1) is 24.9. The molecular weight excluding hydrogens is 344 g/mol. The van der Waals surface area contributed by atoms with Crippen LogP contribution in [0.3, 0.4) is 0 Å². The highest BCUT2D eigenvalue weighted by atomic mass is 16.1. The Bertz CT molecular complexity index is 405. The van der Waals surface area contributed by atoms with Gasteiger partial charge in [0, 0.05) is 12.8 Å². The van der Waals surface area contributed by atoms with Gasteiger partial charge < -0.3 is 0 Å². The number of hydrogen-bond donors (Lipinski definition) is 0. The van der Waals surface area contributed by atoms with Gasteiger partial charge in [-0.05, 0) is 50.7 Å². The highest BCUT2D eigenvalue weighted by molar-refractivity contribution is 5.89. The van der Waals surface area contributed by atoms with Crippen LogP contribution in [-0.2, 0) is 9.59 Å². The van der Waals surface area contributed by atoms with E-state index in [1.807, 2.05) is 12.2 Å². The summed E-state index contributed by atoms with van der Waals surface area (Å²) in [5.74, 6) is 0.611. The van der Waals surface area contributed by atoms with Crippen molar-refractivity contribution >= 4 is 11.6 Å². The third-order valence-corrected chi connectivity index (χ3v) is 5.70. The fourth-order valence-corrected chi connectivity index (χ4v) is 3.84. The minimum absolute atomic E-state index is 0.306. The minimum atomic E-state index is 0.306. The number of allylic oxidation sites excluding steroid dienone is 4. The van der Waals surface area contributed by atoms with Crippen molar-refractivity contribution in [2.24, 2.45) is 0 Å². The highest BCUT2D eigenvalue weighted by Gasteiger charge is 1.99. The second-order valence-electron chi connectivity index (χ2n) is 8.47. The molecule has 0 aromatic rings. The van der Waals surface area contributed by atoms with E-state index in [-0.39, 0.29) is 0 Å². The van der Waals surface area contributed by atoms with E-state index >= 15 is 0 Å². The molecule has 1 rings (SSSR count). The summed E-state index contributed by atoms with van der Waals surface area (Å²) < 4.78 is 0. The van der Waals surface area contributed by atoms with Gasteiger partial charge in [0.15, 0.2) is 11.6 Å². The molecule has 0 aliphatic heterocycles. The third-order valence-electron chi connectivity index (χ3n) is 5.70. The lowest BCUT2D eigenvalue weighted by molar-refractivity contribution is -0.115. The van der Waals surface area contributed by atoms with Crippen LogP contribution in [0.25, 0.3) is 0 Å². The van der Waals surface area contributed by atoms with E-state index in [2.05, 4.69) is 12.2 Å². The topological polar surface area (TPSA) is 34.1 Å². The van der Waals surface area contributed by atoms with Crippen molar-refractivity contribution in [2.45, 2.75) is 128 Å². The maximum absolute atomic E-state index is 11.9. The summed E-state index contributed by atoms with van der Waals surface area (Å²) in [6.07, 6.45) is 31.0. The number of ketones is 2. The Morgan fingerprint density at radius 3 is 1.04 bits per heavy atom. The molecule has 0 radical (unpaired) electrons. The lowest BCUT2D eigenvalue weighted by Gasteiger charge is -2.02. The lowest BCUT2D eigenvalue weighted by Crippen LogP contribution is -1.93. The first-order valence-corrected chi connectivity index (χ1v) is 12.2. The average molecular weight is 389 g/mol. The van der Waals surface area contributed by atoms with Crippen LogP contribution in [0.1, 0.15) is 128 Å². The van der Waals surface area contributed by atoms with Crippen LogP contribution in [0.2, 0.25) is 0 Å². The van der Waals surface area contributed by atoms with Gasteiger partial charge in [0.25, 0.3) is 0 Å². The molecular formula is C26H44O2. The number of carbonyl (C=O) groups excluding carboxylic acids is 2. The summed E-state index contributed by atoms with van der Waals surface area (Å²) in [6, 6.07) is 0. The van der Waals surface area contributed by atoms with Crippen LogP contribution in [0, 0.1) is 0 Å². The molecule has 0 N–H and O–H groups in total. The van der Waals surface area contributed by atoms with Crippen molar-refractivity contribution in [3.63, 3.8) is 0 Å². The molecule has 0 heterocycles.